The molecule has 0 bridgehead atoms. The monoisotopic (exact) mass is 478 g/mol. The van der Waals surface area contributed by atoms with Crippen LogP contribution in [0.4, 0.5) is 0 Å². The maximum atomic E-state index is 12.6. The standard InChI is InChI=1S/C18H30N4O9S/c1-8(2)5-11(18(30)31)21-16(28)10(3-4-13(23)24)20-17(29)12(7-32)22-15(27)9(19)6-14(25)26/h8-12,32H,3-7,19H2,1-2H3,(H,20,29)(H,21,28)(H,22,27)(H,23,24)(H,25,26)(H,30,31). The average molecular weight is 479 g/mol. The van der Waals surface area contributed by atoms with Crippen LogP contribution in [0.2, 0.25) is 0 Å². The third-order valence-electron chi connectivity index (χ3n) is 4.15. The molecular formula is C18H30N4O9S. The van der Waals surface area contributed by atoms with Crippen LogP contribution in [-0.4, -0.2) is 80.9 Å². The van der Waals surface area contributed by atoms with Gasteiger partial charge in [0.15, 0.2) is 0 Å². The van der Waals surface area contributed by atoms with Gasteiger partial charge in [-0.15, -0.1) is 0 Å². The molecule has 0 aromatic rings. The Labute approximate surface area is 189 Å². The van der Waals surface area contributed by atoms with Crippen LogP contribution in [0, 0.1) is 5.92 Å². The number of hydrogen-bond acceptors (Lipinski definition) is 8. The SMILES string of the molecule is CC(C)CC(NC(=O)C(CCC(=O)O)NC(=O)C(CS)NC(=O)C(N)CC(=O)O)C(=O)O. The van der Waals surface area contributed by atoms with Gasteiger partial charge in [-0.2, -0.15) is 12.6 Å². The van der Waals surface area contributed by atoms with Crippen molar-refractivity contribution in [1.29, 1.82) is 0 Å². The minimum atomic E-state index is -1.43. The summed E-state index contributed by atoms with van der Waals surface area (Å²) < 4.78 is 0. The molecule has 182 valence electrons. The van der Waals surface area contributed by atoms with Crippen molar-refractivity contribution < 1.29 is 44.1 Å². The molecule has 0 aromatic carbocycles. The van der Waals surface area contributed by atoms with Gasteiger partial charge in [-0.3, -0.25) is 24.0 Å². The van der Waals surface area contributed by atoms with Gasteiger partial charge >= 0.3 is 17.9 Å². The van der Waals surface area contributed by atoms with Crippen molar-refractivity contribution in [1.82, 2.24) is 16.0 Å². The first-order valence-electron chi connectivity index (χ1n) is 9.72. The highest BCUT2D eigenvalue weighted by molar-refractivity contribution is 7.80. The van der Waals surface area contributed by atoms with E-state index in [1.165, 1.54) is 0 Å². The molecule has 0 aliphatic heterocycles. The summed E-state index contributed by atoms with van der Waals surface area (Å²) in [5.41, 5.74) is 5.44. The zero-order valence-electron chi connectivity index (χ0n) is 17.7. The smallest absolute Gasteiger partial charge is 0.326 e. The van der Waals surface area contributed by atoms with E-state index in [1.54, 1.807) is 13.8 Å². The molecule has 8 N–H and O–H groups in total. The summed E-state index contributed by atoms with van der Waals surface area (Å²) in [6, 6.07) is -5.39. The van der Waals surface area contributed by atoms with Crippen LogP contribution >= 0.6 is 12.6 Å². The number of carboxylic acid groups (broad SMARTS) is 3. The molecule has 4 unspecified atom stereocenters. The summed E-state index contributed by atoms with van der Waals surface area (Å²) in [7, 11) is 0. The van der Waals surface area contributed by atoms with Crippen molar-refractivity contribution in [3.63, 3.8) is 0 Å². The molecule has 0 rings (SSSR count). The highest BCUT2D eigenvalue weighted by Crippen LogP contribution is 2.07. The van der Waals surface area contributed by atoms with Crippen LogP contribution < -0.4 is 21.7 Å². The largest absolute Gasteiger partial charge is 0.481 e. The molecule has 3 amide bonds. The third kappa shape index (κ3) is 11.5. The number of aliphatic carboxylic acids is 3. The topological polar surface area (TPSA) is 225 Å². The molecule has 0 spiro atoms. The zero-order valence-corrected chi connectivity index (χ0v) is 18.6. The first kappa shape index (κ1) is 29.1. The lowest BCUT2D eigenvalue weighted by molar-refractivity contribution is -0.143. The van der Waals surface area contributed by atoms with Gasteiger partial charge in [0.2, 0.25) is 17.7 Å². The molecular weight excluding hydrogens is 448 g/mol. The summed E-state index contributed by atoms with van der Waals surface area (Å²) in [5.74, 6) is -6.90. The Morgan fingerprint density at radius 3 is 1.75 bits per heavy atom. The molecule has 0 radical (unpaired) electrons. The fraction of sp³-hybridized carbons (Fsp3) is 0.667. The number of nitrogens with one attached hydrogen (secondary N) is 3. The predicted octanol–water partition coefficient (Wildman–Crippen LogP) is -1.83. The Kier molecular flexibility index (Phi) is 13.0. The minimum absolute atomic E-state index is 0.0674. The van der Waals surface area contributed by atoms with Crippen LogP contribution in [0.25, 0.3) is 0 Å². The Balaban J connectivity index is 5.35. The van der Waals surface area contributed by atoms with E-state index < -0.39 is 72.6 Å². The van der Waals surface area contributed by atoms with Gasteiger partial charge in [-0.1, -0.05) is 13.8 Å². The van der Waals surface area contributed by atoms with Crippen LogP contribution in [-0.2, 0) is 28.8 Å². The van der Waals surface area contributed by atoms with Crippen molar-refractivity contribution in [3.05, 3.63) is 0 Å². The van der Waals surface area contributed by atoms with E-state index in [0.717, 1.165) is 0 Å². The number of thiol groups is 1. The number of amides is 3. The minimum Gasteiger partial charge on any atom is -0.481 e. The molecule has 13 nitrogen and oxygen atoms in total. The van der Waals surface area contributed by atoms with Crippen molar-refractivity contribution in [2.24, 2.45) is 11.7 Å². The van der Waals surface area contributed by atoms with E-state index in [1.807, 2.05) is 0 Å². The van der Waals surface area contributed by atoms with Crippen LogP contribution in [0.15, 0.2) is 0 Å². The number of carboxylic acids is 3. The quantitative estimate of drug-likeness (QED) is 0.123. The van der Waals surface area contributed by atoms with E-state index in [0.29, 0.717) is 0 Å². The highest BCUT2D eigenvalue weighted by Gasteiger charge is 2.30. The molecule has 0 saturated heterocycles. The van der Waals surface area contributed by atoms with Crippen molar-refractivity contribution in [3.8, 4) is 0 Å². The van der Waals surface area contributed by atoms with Gasteiger partial charge < -0.3 is 37.0 Å². The van der Waals surface area contributed by atoms with Gasteiger partial charge in [-0.25, -0.2) is 4.79 Å². The highest BCUT2D eigenvalue weighted by atomic mass is 32.1. The number of nitrogens with two attached hydrogens (primary N) is 1. The molecule has 14 heteroatoms. The molecule has 0 aromatic heterocycles. The normalized spacial score (nSPS) is 14.5. The summed E-state index contributed by atoms with van der Waals surface area (Å²) in [5, 5.41) is 33.6. The molecule has 32 heavy (non-hydrogen) atoms. The third-order valence-corrected chi connectivity index (χ3v) is 4.51. The first-order valence-corrected chi connectivity index (χ1v) is 10.4. The van der Waals surface area contributed by atoms with Gasteiger partial charge in [0.25, 0.3) is 0 Å². The van der Waals surface area contributed by atoms with Crippen LogP contribution in [0.3, 0.4) is 0 Å². The van der Waals surface area contributed by atoms with E-state index in [4.69, 9.17) is 15.9 Å². The fourth-order valence-electron chi connectivity index (χ4n) is 2.53. The van der Waals surface area contributed by atoms with Gasteiger partial charge in [-0.05, 0) is 18.8 Å². The van der Waals surface area contributed by atoms with E-state index in [-0.39, 0.29) is 24.5 Å². The van der Waals surface area contributed by atoms with Gasteiger partial charge in [0.1, 0.15) is 18.1 Å². The number of carbonyl (C=O) groups is 6. The van der Waals surface area contributed by atoms with Crippen molar-refractivity contribution in [2.45, 2.75) is 63.7 Å². The molecule has 0 aliphatic rings. The Morgan fingerprint density at radius 1 is 0.812 bits per heavy atom. The maximum Gasteiger partial charge on any atom is 0.326 e. The molecule has 0 aliphatic carbocycles. The Morgan fingerprint density at radius 2 is 1.31 bits per heavy atom. The second-order valence-electron chi connectivity index (χ2n) is 7.47. The van der Waals surface area contributed by atoms with E-state index in [9.17, 15) is 33.9 Å². The van der Waals surface area contributed by atoms with Crippen molar-refractivity contribution in [2.75, 3.05) is 5.75 Å². The molecule has 4 atom stereocenters. The van der Waals surface area contributed by atoms with Crippen molar-refractivity contribution >= 4 is 48.3 Å². The lowest BCUT2D eigenvalue weighted by Gasteiger charge is -2.24. The zero-order chi connectivity index (χ0) is 25.0. The molecule has 0 heterocycles. The van der Waals surface area contributed by atoms with E-state index >= 15 is 0 Å². The van der Waals surface area contributed by atoms with Gasteiger partial charge in [0.05, 0.1) is 12.5 Å². The Bertz CT molecular complexity index is 717. The lowest BCUT2D eigenvalue weighted by atomic mass is 10.0. The summed E-state index contributed by atoms with van der Waals surface area (Å²) in [6.45, 7) is 3.50. The number of hydrogen-bond donors (Lipinski definition) is 8. The van der Waals surface area contributed by atoms with Crippen LogP contribution in [0.1, 0.15) is 39.5 Å². The second kappa shape index (κ2) is 14.2. The fourth-order valence-corrected chi connectivity index (χ4v) is 2.78. The predicted molar refractivity (Wildman–Crippen MR) is 114 cm³/mol. The first-order chi connectivity index (χ1) is 14.8. The van der Waals surface area contributed by atoms with Gasteiger partial charge in [0, 0.05) is 12.2 Å². The average Bonchev–Trinajstić information content (AvgIpc) is 2.66. The number of carbonyl (C=O) groups excluding carboxylic acids is 3. The van der Waals surface area contributed by atoms with Crippen LogP contribution in [0.5, 0.6) is 0 Å². The summed E-state index contributed by atoms with van der Waals surface area (Å²) in [4.78, 5) is 70.1. The summed E-state index contributed by atoms with van der Waals surface area (Å²) in [6.07, 6.45) is -1.41. The molecule has 0 saturated carbocycles. The molecule has 0 fully saturated rings. The maximum absolute atomic E-state index is 12.6. The Hall–Kier alpha value is -2.87. The number of rotatable bonds is 15. The second-order valence-corrected chi connectivity index (χ2v) is 7.84. The van der Waals surface area contributed by atoms with E-state index in [2.05, 4.69) is 28.6 Å². The summed E-state index contributed by atoms with van der Waals surface area (Å²) >= 11 is 3.94. The lowest BCUT2D eigenvalue weighted by Crippen LogP contribution is -2.57.